The Morgan fingerprint density at radius 3 is 2.94 bits per heavy atom. The number of rotatable bonds is 3. The van der Waals surface area contributed by atoms with Gasteiger partial charge in [-0.25, -0.2) is 0 Å². The van der Waals surface area contributed by atoms with Crippen molar-refractivity contribution in [1.29, 1.82) is 0 Å². The van der Waals surface area contributed by atoms with Gasteiger partial charge in [-0.3, -0.25) is 14.2 Å². The van der Waals surface area contributed by atoms with Crippen LogP contribution in [0.4, 0.5) is 5.82 Å². The summed E-state index contributed by atoms with van der Waals surface area (Å²) in [5, 5.41) is 10.8. The molecule has 0 spiro atoms. The Bertz CT molecular complexity index is 455. The molecule has 0 unspecified atom stereocenters. The third-order valence-electron chi connectivity index (χ3n) is 2.05. The summed E-state index contributed by atoms with van der Waals surface area (Å²) >= 11 is 0. The van der Waals surface area contributed by atoms with Crippen molar-refractivity contribution < 1.29 is 4.79 Å². The van der Waals surface area contributed by atoms with E-state index in [1.807, 2.05) is 13.1 Å². The smallest absolute Gasteiger partial charge is 0.247 e. The summed E-state index contributed by atoms with van der Waals surface area (Å²) in [6.45, 7) is 2.13. The van der Waals surface area contributed by atoms with E-state index in [0.29, 0.717) is 5.82 Å². The molecule has 0 saturated heterocycles. The standard InChI is InChI=1S/C10H13N5O/c1-8-5-11-15(6-8)7-10(16)12-9-3-4-14(2)13-9/h3-6H,7H2,1-2H3,(H,12,13,16). The van der Waals surface area contributed by atoms with Crippen LogP contribution in [-0.2, 0) is 18.4 Å². The highest BCUT2D eigenvalue weighted by molar-refractivity contribution is 5.89. The molecule has 16 heavy (non-hydrogen) atoms. The quantitative estimate of drug-likeness (QED) is 0.820. The van der Waals surface area contributed by atoms with Gasteiger partial charge >= 0.3 is 0 Å². The minimum Gasteiger partial charge on any atom is -0.308 e. The SMILES string of the molecule is Cc1cnn(CC(=O)Nc2ccn(C)n2)c1. The van der Waals surface area contributed by atoms with Crippen molar-refractivity contribution in [2.24, 2.45) is 7.05 Å². The van der Waals surface area contributed by atoms with Crippen molar-refractivity contribution in [3.05, 3.63) is 30.2 Å². The lowest BCUT2D eigenvalue weighted by Crippen LogP contribution is -2.19. The number of aromatic nitrogens is 4. The van der Waals surface area contributed by atoms with Gasteiger partial charge in [0.2, 0.25) is 5.91 Å². The lowest BCUT2D eigenvalue weighted by molar-refractivity contribution is -0.116. The lowest BCUT2D eigenvalue weighted by Gasteiger charge is -2.01. The first-order valence-electron chi connectivity index (χ1n) is 4.92. The lowest BCUT2D eigenvalue weighted by atomic mass is 10.4. The summed E-state index contributed by atoms with van der Waals surface area (Å²) in [7, 11) is 1.80. The average Bonchev–Trinajstić information content (AvgIpc) is 2.76. The molecule has 0 fully saturated rings. The van der Waals surface area contributed by atoms with Crippen LogP contribution in [0, 0.1) is 6.92 Å². The Balaban J connectivity index is 1.94. The molecule has 0 radical (unpaired) electrons. The van der Waals surface area contributed by atoms with E-state index in [2.05, 4.69) is 15.5 Å². The molecule has 0 saturated carbocycles. The molecule has 6 nitrogen and oxygen atoms in total. The first-order chi connectivity index (χ1) is 7.63. The Labute approximate surface area is 92.9 Å². The van der Waals surface area contributed by atoms with E-state index in [1.165, 1.54) is 0 Å². The summed E-state index contributed by atoms with van der Waals surface area (Å²) in [6.07, 6.45) is 5.31. The Kier molecular flexibility index (Phi) is 2.72. The van der Waals surface area contributed by atoms with E-state index < -0.39 is 0 Å². The third kappa shape index (κ3) is 2.47. The molecule has 84 valence electrons. The molecule has 1 N–H and O–H groups in total. The fourth-order valence-corrected chi connectivity index (χ4v) is 1.36. The molecule has 0 bridgehead atoms. The van der Waals surface area contributed by atoms with E-state index in [4.69, 9.17) is 0 Å². The summed E-state index contributed by atoms with van der Waals surface area (Å²) in [6, 6.07) is 1.74. The number of carbonyl (C=O) groups is 1. The highest BCUT2D eigenvalue weighted by Crippen LogP contribution is 2.01. The summed E-state index contributed by atoms with van der Waals surface area (Å²) in [4.78, 5) is 11.6. The first kappa shape index (κ1) is 10.4. The van der Waals surface area contributed by atoms with Crippen molar-refractivity contribution in [2.45, 2.75) is 13.5 Å². The Morgan fingerprint density at radius 2 is 2.38 bits per heavy atom. The van der Waals surface area contributed by atoms with Crippen LogP contribution in [0.1, 0.15) is 5.56 Å². The molecule has 0 aliphatic carbocycles. The predicted molar refractivity (Wildman–Crippen MR) is 58.8 cm³/mol. The molecule has 2 rings (SSSR count). The normalized spacial score (nSPS) is 10.4. The van der Waals surface area contributed by atoms with Gasteiger partial charge < -0.3 is 5.32 Å². The van der Waals surface area contributed by atoms with Crippen LogP contribution in [0.3, 0.4) is 0 Å². The van der Waals surface area contributed by atoms with Gasteiger partial charge in [-0.05, 0) is 12.5 Å². The Morgan fingerprint density at radius 1 is 1.56 bits per heavy atom. The highest BCUT2D eigenvalue weighted by atomic mass is 16.2. The van der Waals surface area contributed by atoms with Crippen molar-refractivity contribution in [3.63, 3.8) is 0 Å². The molecule has 0 aromatic carbocycles. The van der Waals surface area contributed by atoms with Gasteiger partial charge in [-0.2, -0.15) is 10.2 Å². The maximum absolute atomic E-state index is 11.6. The van der Waals surface area contributed by atoms with Crippen LogP contribution in [0.25, 0.3) is 0 Å². The second-order valence-corrected chi connectivity index (χ2v) is 3.64. The van der Waals surface area contributed by atoms with Gasteiger partial charge in [0.15, 0.2) is 5.82 Å². The predicted octanol–water partition coefficient (Wildman–Crippen LogP) is 0.564. The first-order valence-corrected chi connectivity index (χ1v) is 4.92. The largest absolute Gasteiger partial charge is 0.308 e. The minimum absolute atomic E-state index is 0.137. The molecular weight excluding hydrogens is 206 g/mol. The number of anilines is 1. The van der Waals surface area contributed by atoms with Crippen molar-refractivity contribution in [1.82, 2.24) is 19.6 Å². The zero-order chi connectivity index (χ0) is 11.5. The zero-order valence-electron chi connectivity index (χ0n) is 9.21. The van der Waals surface area contributed by atoms with Gasteiger partial charge in [0.05, 0.1) is 6.20 Å². The second kappa shape index (κ2) is 4.18. The molecule has 1 amide bonds. The van der Waals surface area contributed by atoms with Gasteiger partial charge in [-0.1, -0.05) is 0 Å². The number of amides is 1. The Hall–Kier alpha value is -2.11. The van der Waals surface area contributed by atoms with E-state index in [1.54, 1.807) is 34.9 Å². The summed E-state index contributed by atoms with van der Waals surface area (Å²) < 4.78 is 3.22. The highest BCUT2D eigenvalue weighted by Gasteiger charge is 2.05. The number of hydrogen-bond donors (Lipinski definition) is 1. The summed E-state index contributed by atoms with van der Waals surface area (Å²) in [5.74, 6) is 0.415. The van der Waals surface area contributed by atoms with Crippen molar-refractivity contribution >= 4 is 11.7 Å². The van der Waals surface area contributed by atoms with Crippen LogP contribution in [0.2, 0.25) is 0 Å². The molecule has 2 aromatic heterocycles. The summed E-state index contributed by atoms with van der Waals surface area (Å²) in [5.41, 5.74) is 1.03. The average molecular weight is 219 g/mol. The van der Waals surface area contributed by atoms with E-state index in [9.17, 15) is 4.79 Å². The van der Waals surface area contributed by atoms with Crippen LogP contribution in [0.5, 0.6) is 0 Å². The van der Waals surface area contributed by atoms with Crippen LogP contribution >= 0.6 is 0 Å². The topological polar surface area (TPSA) is 64.7 Å². The molecule has 0 aliphatic rings. The molecular formula is C10H13N5O. The monoisotopic (exact) mass is 219 g/mol. The fraction of sp³-hybridized carbons (Fsp3) is 0.300. The van der Waals surface area contributed by atoms with E-state index in [-0.39, 0.29) is 12.5 Å². The van der Waals surface area contributed by atoms with Crippen LogP contribution in [-0.4, -0.2) is 25.5 Å². The van der Waals surface area contributed by atoms with Crippen LogP contribution in [0.15, 0.2) is 24.7 Å². The maximum Gasteiger partial charge on any atom is 0.247 e. The van der Waals surface area contributed by atoms with E-state index in [0.717, 1.165) is 5.56 Å². The number of carbonyl (C=O) groups excluding carboxylic acids is 1. The maximum atomic E-state index is 11.6. The van der Waals surface area contributed by atoms with Crippen molar-refractivity contribution in [3.8, 4) is 0 Å². The number of nitrogens with zero attached hydrogens (tertiary/aromatic N) is 4. The van der Waals surface area contributed by atoms with Crippen molar-refractivity contribution in [2.75, 3.05) is 5.32 Å². The molecule has 0 aliphatic heterocycles. The van der Waals surface area contributed by atoms with Gasteiger partial charge in [0.1, 0.15) is 6.54 Å². The number of aryl methyl sites for hydroxylation is 2. The second-order valence-electron chi connectivity index (χ2n) is 3.64. The van der Waals surface area contributed by atoms with Gasteiger partial charge in [-0.15, -0.1) is 0 Å². The minimum atomic E-state index is -0.137. The molecule has 6 heteroatoms. The van der Waals surface area contributed by atoms with Gasteiger partial charge in [0.25, 0.3) is 0 Å². The molecule has 2 aromatic rings. The molecule has 2 heterocycles. The number of nitrogens with one attached hydrogen (secondary N) is 1. The van der Waals surface area contributed by atoms with Gasteiger partial charge in [0, 0.05) is 25.5 Å². The number of hydrogen-bond acceptors (Lipinski definition) is 3. The van der Waals surface area contributed by atoms with E-state index >= 15 is 0 Å². The molecule has 0 atom stereocenters. The third-order valence-corrected chi connectivity index (χ3v) is 2.05. The van der Waals surface area contributed by atoms with Crippen LogP contribution < -0.4 is 5.32 Å². The fourth-order valence-electron chi connectivity index (χ4n) is 1.36. The zero-order valence-corrected chi connectivity index (χ0v) is 9.21.